The van der Waals surface area contributed by atoms with Crippen LogP contribution in [0, 0.1) is 0 Å². The molecule has 1 aromatic rings. The van der Waals surface area contributed by atoms with Gasteiger partial charge in [0, 0.05) is 5.69 Å². The fourth-order valence-electron chi connectivity index (χ4n) is 0.681. The van der Waals surface area contributed by atoms with Gasteiger partial charge in [0.15, 0.2) is 0 Å². The molecule has 0 saturated heterocycles. The summed E-state index contributed by atoms with van der Waals surface area (Å²) in [5, 5.41) is 10.5. The Bertz CT molecular complexity index is 235. The van der Waals surface area contributed by atoms with Gasteiger partial charge in [0.25, 0.3) is 0 Å². The zero-order valence-electron chi connectivity index (χ0n) is 5.74. The van der Waals surface area contributed by atoms with E-state index < -0.39 is 6.03 Å². The number of urea groups is 1. The molecule has 58 valence electrons. The largest absolute Gasteiger partial charge is 0.342 e. The van der Waals surface area contributed by atoms with Crippen molar-refractivity contribution in [1.82, 2.24) is 5.48 Å². The molecule has 0 aliphatic heterocycles. The predicted octanol–water partition coefficient (Wildman–Crippen LogP) is 1.20. The van der Waals surface area contributed by atoms with Crippen molar-refractivity contribution in [2.24, 2.45) is 0 Å². The first-order chi connectivity index (χ1) is 5.33. The molecule has 0 unspecified atom stereocenters. The molecule has 0 atom stereocenters. The minimum atomic E-state index is -0.642. The summed E-state index contributed by atoms with van der Waals surface area (Å²) in [7, 11) is 0. The molecule has 4 nitrogen and oxygen atoms in total. The topological polar surface area (TPSA) is 61.4 Å². The van der Waals surface area contributed by atoms with E-state index in [0.29, 0.717) is 5.69 Å². The van der Waals surface area contributed by atoms with Gasteiger partial charge in [0.2, 0.25) is 0 Å². The molecule has 11 heavy (non-hydrogen) atoms. The fraction of sp³-hybridized carbons (Fsp3) is 0. The number of para-hydroxylation sites is 1. The zero-order valence-corrected chi connectivity index (χ0v) is 5.74. The van der Waals surface area contributed by atoms with Crippen molar-refractivity contribution < 1.29 is 10.0 Å². The second kappa shape index (κ2) is 3.58. The molecule has 0 saturated carbocycles. The van der Waals surface area contributed by atoms with Crippen LogP contribution in [0.25, 0.3) is 0 Å². The molecule has 0 fully saturated rings. The fourth-order valence-corrected chi connectivity index (χ4v) is 0.681. The number of amides is 2. The molecule has 1 rings (SSSR count). The van der Waals surface area contributed by atoms with Gasteiger partial charge in [-0.3, -0.25) is 5.21 Å². The highest BCUT2D eigenvalue weighted by atomic mass is 16.5. The Kier molecular flexibility index (Phi) is 2.46. The molecular formula is C7H8N2O2. The zero-order chi connectivity index (χ0) is 8.10. The molecule has 1 aromatic carbocycles. The maximum Gasteiger partial charge on any atom is 0.342 e. The molecule has 0 aromatic heterocycles. The minimum absolute atomic E-state index is 0.638. The molecule has 0 bridgehead atoms. The van der Waals surface area contributed by atoms with Crippen molar-refractivity contribution in [1.29, 1.82) is 0 Å². The Morgan fingerprint density at radius 3 is 2.45 bits per heavy atom. The van der Waals surface area contributed by atoms with Gasteiger partial charge in [-0.25, -0.2) is 10.3 Å². The number of carbonyl (C=O) groups is 1. The van der Waals surface area contributed by atoms with E-state index in [1.165, 1.54) is 5.48 Å². The Balaban J connectivity index is 2.58. The maximum absolute atomic E-state index is 10.5. The molecule has 3 N–H and O–H groups in total. The molecule has 2 amide bonds. The van der Waals surface area contributed by atoms with E-state index in [9.17, 15) is 4.79 Å². The normalized spacial score (nSPS) is 8.82. The average molecular weight is 152 g/mol. The minimum Gasteiger partial charge on any atom is -0.306 e. The quantitative estimate of drug-likeness (QED) is 0.418. The number of nitrogens with one attached hydrogen (secondary N) is 2. The van der Waals surface area contributed by atoms with Crippen LogP contribution < -0.4 is 10.8 Å². The highest BCUT2D eigenvalue weighted by Crippen LogP contribution is 2.03. The third-order valence-electron chi connectivity index (χ3n) is 1.13. The van der Waals surface area contributed by atoms with Gasteiger partial charge in [-0.05, 0) is 12.1 Å². The summed E-state index contributed by atoms with van der Waals surface area (Å²) in [4.78, 5) is 10.5. The number of carbonyl (C=O) groups excluding carboxylic acids is 1. The van der Waals surface area contributed by atoms with Crippen molar-refractivity contribution in [2.75, 3.05) is 5.32 Å². The van der Waals surface area contributed by atoms with E-state index >= 15 is 0 Å². The first kappa shape index (κ1) is 7.56. The van der Waals surface area contributed by atoms with Crippen LogP contribution in [0.5, 0.6) is 0 Å². The van der Waals surface area contributed by atoms with Crippen LogP contribution in [-0.4, -0.2) is 11.2 Å². The molecule has 0 heterocycles. The van der Waals surface area contributed by atoms with Crippen LogP contribution in [0.4, 0.5) is 10.5 Å². The van der Waals surface area contributed by atoms with Gasteiger partial charge >= 0.3 is 6.03 Å². The summed E-state index contributed by atoms with van der Waals surface area (Å²) in [5.74, 6) is 0. The van der Waals surface area contributed by atoms with Crippen molar-refractivity contribution in [3.05, 3.63) is 30.3 Å². The van der Waals surface area contributed by atoms with Crippen LogP contribution in [0.1, 0.15) is 0 Å². The lowest BCUT2D eigenvalue weighted by Gasteiger charge is -2.01. The van der Waals surface area contributed by atoms with Gasteiger partial charge in [-0.2, -0.15) is 0 Å². The number of hydrogen-bond donors (Lipinski definition) is 3. The first-order valence-corrected chi connectivity index (χ1v) is 3.09. The van der Waals surface area contributed by atoms with Gasteiger partial charge in [-0.1, -0.05) is 18.2 Å². The van der Waals surface area contributed by atoms with Crippen molar-refractivity contribution in [2.45, 2.75) is 0 Å². The molecular weight excluding hydrogens is 144 g/mol. The van der Waals surface area contributed by atoms with Crippen molar-refractivity contribution >= 4 is 11.7 Å². The van der Waals surface area contributed by atoms with E-state index in [0.717, 1.165) is 0 Å². The van der Waals surface area contributed by atoms with Crippen molar-refractivity contribution in [3.8, 4) is 0 Å². The van der Waals surface area contributed by atoms with Gasteiger partial charge in [-0.15, -0.1) is 0 Å². The summed E-state index contributed by atoms with van der Waals surface area (Å²) in [5.41, 5.74) is 2.10. The van der Waals surface area contributed by atoms with Crippen LogP contribution in [0.15, 0.2) is 30.3 Å². The van der Waals surface area contributed by atoms with E-state index in [4.69, 9.17) is 5.21 Å². The molecule has 4 heteroatoms. The van der Waals surface area contributed by atoms with E-state index in [1.807, 2.05) is 6.07 Å². The predicted molar refractivity (Wildman–Crippen MR) is 40.4 cm³/mol. The monoisotopic (exact) mass is 152 g/mol. The summed E-state index contributed by atoms with van der Waals surface area (Å²) in [6.07, 6.45) is 0. The van der Waals surface area contributed by atoms with E-state index in [-0.39, 0.29) is 0 Å². The second-order valence-electron chi connectivity index (χ2n) is 1.93. The van der Waals surface area contributed by atoms with Gasteiger partial charge in [0.1, 0.15) is 0 Å². The average Bonchev–Trinajstić information content (AvgIpc) is 2.06. The lowest BCUT2D eigenvalue weighted by Crippen LogP contribution is -2.24. The summed E-state index contributed by atoms with van der Waals surface area (Å²) in [6.45, 7) is 0. The summed E-state index contributed by atoms with van der Waals surface area (Å²) >= 11 is 0. The maximum atomic E-state index is 10.5. The van der Waals surface area contributed by atoms with Crippen LogP contribution in [-0.2, 0) is 0 Å². The van der Waals surface area contributed by atoms with Crippen LogP contribution in [0.3, 0.4) is 0 Å². The smallest absolute Gasteiger partial charge is 0.306 e. The molecule has 0 aliphatic rings. The standard InChI is InChI=1S/C7H8N2O2/c10-7(9-11)8-6-4-2-1-3-5-6/h1-5,11H,(H2,8,9,10). The summed E-state index contributed by atoms with van der Waals surface area (Å²) in [6, 6.07) is 8.20. The van der Waals surface area contributed by atoms with E-state index in [2.05, 4.69) is 5.32 Å². The van der Waals surface area contributed by atoms with Gasteiger partial charge < -0.3 is 5.32 Å². The highest BCUT2D eigenvalue weighted by Gasteiger charge is 1.95. The number of rotatable bonds is 1. The SMILES string of the molecule is O=C(NO)Nc1ccccc1. The Morgan fingerprint density at radius 1 is 1.27 bits per heavy atom. The van der Waals surface area contributed by atoms with Crippen LogP contribution >= 0.6 is 0 Å². The number of hydrogen-bond acceptors (Lipinski definition) is 2. The Labute approximate surface area is 63.8 Å². The Morgan fingerprint density at radius 2 is 1.91 bits per heavy atom. The third-order valence-corrected chi connectivity index (χ3v) is 1.13. The molecule has 0 spiro atoms. The first-order valence-electron chi connectivity index (χ1n) is 3.09. The molecule has 0 radical (unpaired) electrons. The van der Waals surface area contributed by atoms with Crippen molar-refractivity contribution in [3.63, 3.8) is 0 Å². The van der Waals surface area contributed by atoms with Crippen LogP contribution in [0.2, 0.25) is 0 Å². The third kappa shape index (κ3) is 2.27. The second-order valence-corrected chi connectivity index (χ2v) is 1.93. The summed E-state index contributed by atoms with van der Waals surface area (Å²) < 4.78 is 0. The number of benzene rings is 1. The lowest BCUT2D eigenvalue weighted by atomic mass is 10.3. The lowest BCUT2D eigenvalue weighted by molar-refractivity contribution is 0.172. The number of hydroxylamine groups is 1. The molecule has 0 aliphatic carbocycles. The van der Waals surface area contributed by atoms with Gasteiger partial charge in [0.05, 0.1) is 0 Å². The highest BCUT2D eigenvalue weighted by molar-refractivity contribution is 5.88. The van der Waals surface area contributed by atoms with E-state index in [1.54, 1.807) is 24.3 Å². The number of anilines is 1. The Hall–Kier alpha value is -1.55.